The van der Waals surface area contributed by atoms with Crippen molar-refractivity contribution >= 4 is 15.9 Å². The Morgan fingerprint density at radius 2 is 1.67 bits per heavy atom. The lowest BCUT2D eigenvalue weighted by molar-refractivity contribution is -0.137. The number of hydrogen-bond acceptors (Lipinski definition) is 0. The Hall–Kier alpha value is -1.36. The van der Waals surface area contributed by atoms with E-state index in [1.807, 2.05) is 0 Å². The van der Waals surface area contributed by atoms with Gasteiger partial charge in [0.25, 0.3) is 0 Å². The molecule has 1 unspecified atom stereocenters. The van der Waals surface area contributed by atoms with Gasteiger partial charge in [-0.1, -0.05) is 40.2 Å². The number of alkyl halides is 4. The highest BCUT2D eigenvalue weighted by Gasteiger charge is 2.30. The highest BCUT2D eigenvalue weighted by atomic mass is 79.9. The van der Waals surface area contributed by atoms with Crippen molar-refractivity contribution in [1.82, 2.24) is 0 Å². The molecular weight excluding hydrogens is 348 g/mol. The SMILES string of the molecule is Cc1ccc(C(Br)Cc2ccc(C(F)(F)F)cc2)c(F)c1. The Morgan fingerprint density at radius 3 is 2.19 bits per heavy atom. The minimum Gasteiger partial charge on any atom is -0.207 e. The zero-order valence-corrected chi connectivity index (χ0v) is 12.8. The maximum absolute atomic E-state index is 13.8. The first-order valence-corrected chi connectivity index (χ1v) is 7.25. The van der Waals surface area contributed by atoms with E-state index in [-0.39, 0.29) is 10.6 Å². The van der Waals surface area contributed by atoms with Crippen molar-refractivity contribution in [3.05, 3.63) is 70.5 Å². The zero-order chi connectivity index (χ0) is 15.6. The van der Waals surface area contributed by atoms with Crippen LogP contribution in [-0.4, -0.2) is 0 Å². The fraction of sp³-hybridized carbons (Fsp3) is 0.250. The largest absolute Gasteiger partial charge is 0.416 e. The van der Waals surface area contributed by atoms with Crippen molar-refractivity contribution in [2.45, 2.75) is 24.3 Å². The minimum atomic E-state index is -4.34. The van der Waals surface area contributed by atoms with Gasteiger partial charge in [0.1, 0.15) is 5.82 Å². The molecule has 0 bridgehead atoms. The summed E-state index contributed by atoms with van der Waals surface area (Å²) < 4.78 is 51.3. The van der Waals surface area contributed by atoms with E-state index in [2.05, 4.69) is 15.9 Å². The molecule has 0 saturated carbocycles. The van der Waals surface area contributed by atoms with Crippen molar-refractivity contribution in [1.29, 1.82) is 0 Å². The van der Waals surface area contributed by atoms with Gasteiger partial charge in [-0.05, 0) is 42.7 Å². The molecule has 0 heterocycles. The lowest BCUT2D eigenvalue weighted by Crippen LogP contribution is -2.05. The summed E-state index contributed by atoms with van der Waals surface area (Å²) in [7, 11) is 0. The van der Waals surface area contributed by atoms with Gasteiger partial charge in [-0.25, -0.2) is 4.39 Å². The molecule has 0 aliphatic rings. The Balaban J connectivity index is 2.14. The molecule has 21 heavy (non-hydrogen) atoms. The fourth-order valence-electron chi connectivity index (χ4n) is 2.03. The molecule has 0 radical (unpaired) electrons. The summed E-state index contributed by atoms with van der Waals surface area (Å²) in [6.07, 6.45) is -3.92. The molecule has 2 rings (SSSR count). The number of hydrogen-bond donors (Lipinski definition) is 0. The normalized spacial score (nSPS) is 13.2. The Bertz CT molecular complexity index is 617. The van der Waals surface area contributed by atoms with Crippen molar-refractivity contribution < 1.29 is 17.6 Å². The summed E-state index contributed by atoms with van der Waals surface area (Å²) in [5.41, 5.74) is 1.36. The molecule has 2 aromatic carbocycles. The Kier molecular flexibility index (Phi) is 4.71. The van der Waals surface area contributed by atoms with Crippen molar-refractivity contribution in [3.8, 4) is 0 Å². The molecule has 5 heteroatoms. The van der Waals surface area contributed by atoms with E-state index in [1.165, 1.54) is 18.2 Å². The first-order chi connectivity index (χ1) is 9.77. The quantitative estimate of drug-likeness (QED) is 0.477. The number of rotatable bonds is 3. The Morgan fingerprint density at radius 1 is 1.05 bits per heavy atom. The van der Waals surface area contributed by atoms with Crippen LogP contribution < -0.4 is 0 Å². The minimum absolute atomic E-state index is 0.283. The van der Waals surface area contributed by atoms with Gasteiger partial charge in [0.05, 0.1) is 5.56 Å². The number of benzene rings is 2. The van der Waals surface area contributed by atoms with Crippen LogP contribution in [0.2, 0.25) is 0 Å². The van der Waals surface area contributed by atoms with E-state index in [0.717, 1.165) is 17.7 Å². The maximum atomic E-state index is 13.8. The van der Waals surface area contributed by atoms with Gasteiger partial charge in [-0.15, -0.1) is 0 Å². The lowest BCUT2D eigenvalue weighted by Gasteiger charge is -2.13. The molecule has 0 aliphatic carbocycles. The van der Waals surface area contributed by atoms with E-state index >= 15 is 0 Å². The van der Waals surface area contributed by atoms with Gasteiger partial charge in [-0.3, -0.25) is 0 Å². The van der Waals surface area contributed by atoms with Crippen molar-refractivity contribution in [3.63, 3.8) is 0 Å². The van der Waals surface area contributed by atoms with E-state index in [1.54, 1.807) is 19.1 Å². The van der Waals surface area contributed by atoms with Gasteiger partial charge < -0.3 is 0 Å². The monoisotopic (exact) mass is 360 g/mol. The standard InChI is InChI=1S/C16H13BrF4/c1-10-2-7-13(15(18)8-10)14(17)9-11-3-5-12(6-4-11)16(19,20)21/h2-8,14H,9H2,1H3. The molecule has 0 saturated heterocycles. The second-order valence-electron chi connectivity index (χ2n) is 4.89. The summed E-state index contributed by atoms with van der Waals surface area (Å²) in [4.78, 5) is -0.283. The molecule has 0 N–H and O–H groups in total. The average molecular weight is 361 g/mol. The molecular formula is C16H13BrF4. The second kappa shape index (κ2) is 6.18. The van der Waals surface area contributed by atoms with E-state index in [4.69, 9.17) is 0 Å². The van der Waals surface area contributed by atoms with Gasteiger partial charge in [0.2, 0.25) is 0 Å². The zero-order valence-electron chi connectivity index (χ0n) is 11.2. The molecule has 0 amide bonds. The van der Waals surface area contributed by atoms with Gasteiger partial charge in [0.15, 0.2) is 0 Å². The van der Waals surface area contributed by atoms with E-state index in [9.17, 15) is 17.6 Å². The summed E-state index contributed by atoms with van der Waals surface area (Å²) in [6, 6.07) is 9.86. The third kappa shape index (κ3) is 4.06. The van der Waals surface area contributed by atoms with Crippen LogP contribution in [-0.2, 0) is 12.6 Å². The third-order valence-electron chi connectivity index (χ3n) is 3.19. The van der Waals surface area contributed by atoms with Crippen LogP contribution in [0.15, 0.2) is 42.5 Å². The van der Waals surface area contributed by atoms with Gasteiger partial charge in [-0.2, -0.15) is 13.2 Å². The molecule has 112 valence electrons. The van der Waals surface area contributed by atoms with Gasteiger partial charge >= 0.3 is 6.18 Å². The van der Waals surface area contributed by atoms with Crippen LogP contribution in [0.1, 0.15) is 27.1 Å². The second-order valence-corrected chi connectivity index (χ2v) is 6.00. The molecule has 0 aromatic heterocycles. The maximum Gasteiger partial charge on any atom is 0.416 e. The van der Waals surface area contributed by atoms with Gasteiger partial charge in [0, 0.05) is 10.4 Å². The third-order valence-corrected chi connectivity index (χ3v) is 4.01. The summed E-state index contributed by atoms with van der Waals surface area (Å²) >= 11 is 3.39. The highest BCUT2D eigenvalue weighted by Crippen LogP contribution is 2.32. The summed E-state index contributed by atoms with van der Waals surface area (Å²) in [5.74, 6) is -0.316. The summed E-state index contributed by atoms with van der Waals surface area (Å²) in [5, 5.41) is 0. The molecule has 0 aliphatic heterocycles. The molecule has 1 atom stereocenters. The average Bonchev–Trinajstić information content (AvgIpc) is 2.38. The van der Waals surface area contributed by atoms with Crippen LogP contribution in [0, 0.1) is 12.7 Å². The Labute approximate surface area is 128 Å². The molecule has 0 spiro atoms. The summed E-state index contributed by atoms with van der Waals surface area (Å²) in [6.45, 7) is 1.80. The van der Waals surface area contributed by atoms with Crippen LogP contribution in [0.25, 0.3) is 0 Å². The lowest BCUT2D eigenvalue weighted by atomic mass is 10.0. The smallest absolute Gasteiger partial charge is 0.207 e. The van der Waals surface area contributed by atoms with Crippen molar-refractivity contribution in [2.75, 3.05) is 0 Å². The molecule has 0 nitrogen and oxygen atoms in total. The van der Waals surface area contributed by atoms with E-state index < -0.39 is 11.7 Å². The van der Waals surface area contributed by atoms with Crippen LogP contribution >= 0.6 is 15.9 Å². The number of halogens is 5. The topological polar surface area (TPSA) is 0 Å². The van der Waals surface area contributed by atoms with Crippen LogP contribution in [0.4, 0.5) is 17.6 Å². The highest BCUT2D eigenvalue weighted by molar-refractivity contribution is 9.09. The first-order valence-electron chi connectivity index (χ1n) is 6.33. The predicted octanol–water partition coefficient (Wildman–Crippen LogP) is 5.83. The van der Waals surface area contributed by atoms with Crippen molar-refractivity contribution in [2.24, 2.45) is 0 Å². The molecule has 0 fully saturated rings. The number of aryl methyl sites for hydroxylation is 1. The first kappa shape index (κ1) is 16.0. The molecule has 2 aromatic rings. The van der Waals surface area contributed by atoms with Crippen LogP contribution in [0.5, 0.6) is 0 Å². The van der Waals surface area contributed by atoms with E-state index in [0.29, 0.717) is 17.5 Å². The fourth-order valence-corrected chi connectivity index (χ4v) is 2.78. The predicted molar refractivity (Wildman–Crippen MR) is 78.0 cm³/mol. The van der Waals surface area contributed by atoms with Crippen LogP contribution in [0.3, 0.4) is 0 Å².